The van der Waals surface area contributed by atoms with E-state index in [0.29, 0.717) is 6.61 Å². The van der Waals surface area contributed by atoms with E-state index in [0.717, 1.165) is 18.9 Å². The van der Waals surface area contributed by atoms with Crippen molar-refractivity contribution in [2.45, 2.75) is 46.8 Å². The van der Waals surface area contributed by atoms with Gasteiger partial charge in [0.2, 0.25) is 0 Å². The van der Waals surface area contributed by atoms with Gasteiger partial charge in [-0.3, -0.25) is 0 Å². The van der Waals surface area contributed by atoms with Crippen LogP contribution in [0.25, 0.3) is 0 Å². The van der Waals surface area contributed by atoms with Gasteiger partial charge in [0, 0.05) is 17.5 Å². The van der Waals surface area contributed by atoms with Crippen molar-refractivity contribution in [3.05, 3.63) is 24.2 Å². The summed E-state index contributed by atoms with van der Waals surface area (Å²) in [6.07, 6.45) is 1.67. The third-order valence-corrected chi connectivity index (χ3v) is 2.41. The van der Waals surface area contributed by atoms with Crippen molar-refractivity contribution >= 4 is 0 Å². The molecule has 0 aliphatic carbocycles. The highest BCUT2D eigenvalue weighted by Crippen LogP contribution is 2.17. The largest absolute Gasteiger partial charge is 0.467 e. The van der Waals surface area contributed by atoms with Crippen LogP contribution in [-0.4, -0.2) is 18.7 Å². The van der Waals surface area contributed by atoms with Crippen molar-refractivity contribution < 1.29 is 9.15 Å². The van der Waals surface area contributed by atoms with Crippen LogP contribution in [0.5, 0.6) is 0 Å². The average Bonchev–Trinajstić information content (AvgIpc) is 2.67. The zero-order valence-electron chi connectivity index (χ0n) is 11.7. The predicted molar refractivity (Wildman–Crippen MR) is 69.9 cm³/mol. The standard InChI is InChI=1S/C14H25NO2/c1-13(2,3)15-10-14(4,5)11-16-9-12-7-6-8-17-12/h6-8,15H,9-11H2,1-5H3. The maximum absolute atomic E-state index is 5.67. The van der Waals surface area contributed by atoms with Gasteiger partial charge in [0.05, 0.1) is 12.9 Å². The SMILES string of the molecule is CC(C)(CNC(C)(C)C)COCc1ccco1. The summed E-state index contributed by atoms with van der Waals surface area (Å²) in [6, 6.07) is 3.81. The normalized spacial score (nSPS) is 13.0. The topological polar surface area (TPSA) is 34.4 Å². The molecule has 0 unspecified atom stereocenters. The maximum atomic E-state index is 5.67. The summed E-state index contributed by atoms with van der Waals surface area (Å²) in [7, 11) is 0. The molecule has 1 heterocycles. The Kier molecular flexibility index (Phi) is 4.78. The number of ether oxygens (including phenoxy) is 1. The Labute approximate surface area is 105 Å². The van der Waals surface area contributed by atoms with Crippen LogP contribution >= 0.6 is 0 Å². The zero-order valence-corrected chi connectivity index (χ0v) is 11.7. The Hall–Kier alpha value is -0.800. The zero-order chi connectivity index (χ0) is 12.9. The van der Waals surface area contributed by atoms with Crippen LogP contribution in [0, 0.1) is 5.41 Å². The van der Waals surface area contributed by atoms with Crippen molar-refractivity contribution in [3.63, 3.8) is 0 Å². The summed E-state index contributed by atoms with van der Waals surface area (Å²) in [5.41, 5.74) is 0.276. The molecule has 3 heteroatoms. The Morgan fingerprint density at radius 2 is 1.94 bits per heavy atom. The molecule has 0 radical (unpaired) electrons. The molecule has 17 heavy (non-hydrogen) atoms. The minimum atomic E-state index is 0.125. The second-order valence-corrected chi connectivity index (χ2v) is 6.34. The van der Waals surface area contributed by atoms with Crippen LogP contribution in [0.3, 0.4) is 0 Å². The summed E-state index contributed by atoms with van der Waals surface area (Å²) in [6.45, 7) is 13.1. The Morgan fingerprint density at radius 3 is 2.47 bits per heavy atom. The van der Waals surface area contributed by atoms with Gasteiger partial charge < -0.3 is 14.5 Å². The lowest BCUT2D eigenvalue weighted by molar-refractivity contribution is 0.0399. The first-order valence-corrected chi connectivity index (χ1v) is 6.14. The van der Waals surface area contributed by atoms with Crippen molar-refractivity contribution in [2.24, 2.45) is 5.41 Å². The van der Waals surface area contributed by atoms with Crippen LogP contribution in [-0.2, 0) is 11.3 Å². The Balaban J connectivity index is 2.24. The van der Waals surface area contributed by atoms with Crippen LogP contribution < -0.4 is 5.32 Å². The van der Waals surface area contributed by atoms with E-state index in [4.69, 9.17) is 9.15 Å². The number of rotatable bonds is 6. The first kappa shape index (κ1) is 14.3. The highest BCUT2D eigenvalue weighted by molar-refractivity contribution is 4.96. The number of hydrogen-bond donors (Lipinski definition) is 1. The number of nitrogens with one attached hydrogen (secondary N) is 1. The van der Waals surface area contributed by atoms with E-state index in [-0.39, 0.29) is 11.0 Å². The number of hydrogen-bond acceptors (Lipinski definition) is 3. The monoisotopic (exact) mass is 239 g/mol. The molecular formula is C14H25NO2. The summed E-state index contributed by atoms with van der Waals surface area (Å²) in [5, 5.41) is 3.50. The van der Waals surface area contributed by atoms with Gasteiger partial charge in [-0.15, -0.1) is 0 Å². The molecule has 0 aromatic carbocycles. The minimum absolute atomic E-state index is 0.125. The van der Waals surface area contributed by atoms with Gasteiger partial charge in [-0.05, 0) is 32.9 Å². The molecule has 0 amide bonds. The van der Waals surface area contributed by atoms with E-state index in [9.17, 15) is 0 Å². The first-order chi connectivity index (χ1) is 7.79. The van der Waals surface area contributed by atoms with Gasteiger partial charge in [-0.2, -0.15) is 0 Å². The molecule has 0 spiro atoms. The van der Waals surface area contributed by atoms with Gasteiger partial charge in [0.25, 0.3) is 0 Å². The van der Waals surface area contributed by atoms with E-state index in [2.05, 4.69) is 39.9 Å². The van der Waals surface area contributed by atoms with E-state index in [1.165, 1.54) is 0 Å². The van der Waals surface area contributed by atoms with E-state index >= 15 is 0 Å². The maximum Gasteiger partial charge on any atom is 0.129 e. The molecule has 1 aromatic heterocycles. The molecule has 1 aromatic rings. The van der Waals surface area contributed by atoms with E-state index in [1.807, 2.05) is 12.1 Å². The fraction of sp³-hybridized carbons (Fsp3) is 0.714. The lowest BCUT2D eigenvalue weighted by atomic mass is 9.93. The lowest BCUT2D eigenvalue weighted by Gasteiger charge is -2.30. The second kappa shape index (κ2) is 5.69. The third-order valence-electron chi connectivity index (χ3n) is 2.41. The number of furan rings is 1. The molecule has 0 saturated carbocycles. The molecular weight excluding hydrogens is 214 g/mol. The quantitative estimate of drug-likeness (QED) is 0.827. The molecule has 3 nitrogen and oxygen atoms in total. The lowest BCUT2D eigenvalue weighted by Crippen LogP contribution is -2.43. The highest BCUT2D eigenvalue weighted by Gasteiger charge is 2.21. The molecule has 0 saturated heterocycles. The van der Waals surface area contributed by atoms with Gasteiger partial charge in [0.15, 0.2) is 0 Å². The van der Waals surface area contributed by atoms with Gasteiger partial charge >= 0.3 is 0 Å². The van der Waals surface area contributed by atoms with Gasteiger partial charge in [-0.1, -0.05) is 13.8 Å². The average molecular weight is 239 g/mol. The Morgan fingerprint density at radius 1 is 1.24 bits per heavy atom. The molecule has 0 aliphatic rings. The van der Waals surface area contributed by atoms with Crippen molar-refractivity contribution in [1.82, 2.24) is 5.32 Å². The predicted octanol–water partition coefficient (Wildman–Crippen LogP) is 3.21. The van der Waals surface area contributed by atoms with Crippen LogP contribution in [0.1, 0.15) is 40.4 Å². The third kappa shape index (κ3) is 6.49. The van der Waals surface area contributed by atoms with Crippen LogP contribution in [0.15, 0.2) is 22.8 Å². The molecule has 0 aliphatic heterocycles. The highest BCUT2D eigenvalue weighted by atomic mass is 16.5. The van der Waals surface area contributed by atoms with Crippen molar-refractivity contribution in [3.8, 4) is 0 Å². The van der Waals surface area contributed by atoms with Crippen molar-refractivity contribution in [1.29, 1.82) is 0 Å². The fourth-order valence-corrected chi connectivity index (χ4v) is 1.38. The smallest absolute Gasteiger partial charge is 0.129 e. The van der Waals surface area contributed by atoms with Crippen LogP contribution in [0.2, 0.25) is 0 Å². The summed E-state index contributed by atoms with van der Waals surface area (Å²) in [5.74, 6) is 0.879. The summed E-state index contributed by atoms with van der Waals surface area (Å²) >= 11 is 0. The molecule has 98 valence electrons. The molecule has 1 N–H and O–H groups in total. The van der Waals surface area contributed by atoms with Crippen molar-refractivity contribution in [2.75, 3.05) is 13.2 Å². The van der Waals surface area contributed by atoms with Gasteiger partial charge in [-0.25, -0.2) is 0 Å². The second-order valence-electron chi connectivity index (χ2n) is 6.34. The molecule has 0 fully saturated rings. The summed E-state index contributed by atoms with van der Waals surface area (Å²) < 4.78 is 10.9. The van der Waals surface area contributed by atoms with Gasteiger partial charge in [0.1, 0.15) is 12.4 Å². The molecule has 0 atom stereocenters. The Bertz CT molecular complexity index is 309. The van der Waals surface area contributed by atoms with E-state index in [1.54, 1.807) is 6.26 Å². The van der Waals surface area contributed by atoms with Crippen LogP contribution in [0.4, 0.5) is 0 Å². The summed E-state index contributed by atoms with van der Waals surface area (Å²) in [4.78, 5) is 0. The molecule has 1 rings (SSSR count). The van der Waals surface area contributed by atoms with E-state index < -0.39 is 0 Å². The fourth-order valence-electron chi connectivity index (χ4n) is 1.38. The molecule has 0 bridgehead atoms. The minimum Gasteiger partial charge on any atom is -0.467 e. The first-order valence-electron chi connectivity index (χ1n) is 6.14.